The molecule has 3 nitrogen and oxygen atoms in total. The number of rotatable bonds is 2. The molecule has 3 aliphatic carbocycles. The van der Waals surface area contributed by atoms with E-state index in [1.54, 1.807) is 0 Å². The van der Waals surface area contributed by atoms with Gasteiger partial charge in [0.2, 0.25) is 6.41 Å². The fraction of sp³-hybridized carbons (Fsp3) is 0.929. The molecule has 3 heteroatoms. The Morgan fingerprint density at radius 3 is 2.94 bits per heavy atom. The first kappa shape index (κ1) is 10.4. The van der Waals surface area contributed by atoms with Crippen LogP contribution < -0.4 is 5.32 Å². The number of nitrogens with one attached hydrogen (secondary N) is 1. The molecule has 3 saturated carbocycles. The van der Waals surface area contributed by atoms with Crippen LogP contribution >= 0.6 is 0 Å². The average molecular weight is 235 g/mol. The highest BCUT2D eigenvalue weighted by Gasteiger charge is 2.77. The van der Waals surface area contributed by atoms with Gasteiger partial charge in [0.25, 0.3) is 0 Å². The SMILES string of the molecule is O=CN[C@H]1[C@@H]2CCC[C@H]1[C@]13CCCC[C@@]1(C2)O3. The lowest BCUT2D eigenvalue weighted by atomic mass is 9.56. The molecule has 1 heterocycles. The molecule has 0 spiro atoms. The van der Waals surface area contributed by atoms with Crippen LogP contribution in [0.25, 0.3) is 0 Å². The summed E-state index contributed by atoms with van der Waals surface area (Å²) in [6, 6.07) is 0.398. The van der Waals surface area contributed by atoms with Gasteiger partial charge in [-0.25, -0.2) is 0 Å². The summed E-state index contributed by atoms with van der Waals surface area (Å²) in [5, 5.41) is 3.11. The quantitative estimate of drug-likeness (QED) is 0.587. The summed E-state index contributed by atoms with van der Waals surface area (Å²) in [6.07, 6.45) is 11.1. The fourth-order valence-corrected chi connectivity index (χ4v) is 5.37. The van der Waals surface area contributed by atoms with Gasteiger partial charge in [0.15, 0.2) is 0 Å². The summed E-state index contributed by atoms with van der Waals surface area (Å²) in [7, 11) is 0. The van der Waals surface area contributed by atoms with Gasteiger partial charge in [0.05, 0.1) is 5.60 Å². The molecule has 4 aliphatic rings. The second-order valence-electron chi connectivity index (χ2n) is 6.50. The second-order valence-corrected chi connectivity index (χ2v) is 6.50. The first-order valence-electron chi connectivity index (χ1n) is 7.21. The third kappa shape index (κ3) is 1.14. The van der Waals surface area contributed by atoms with Crippen molar-refractivity contribution in [3.63, 3.8) is 0 Å². The lowest BCUT2D eigenvalue weighted by Crippen LogP contribution is -2.57. The predicted molar refractivity (Wildman–Crippen MR) is 63.5 cm³/mol. The Labute approximate surface area is 102 Å². The first-order chi connectivity index (χ1) is 8.31. The lowest BCUT2D eigenvalue weighted by molar-refractivity contribution is -0.111. The van der Waals surface area contributed by atoms with E-state index < -0.39 is 0 Å². The van der Waals surface area contributed by atoms with Gasteiger partial charge in [-0.15, -0.1) is 0 Å². The molecule has 0 unspecified atom stereocenters. The Balaban J connectivity index is 1.69. The van der Waals surface area contributed by atoms with Crippen LogP contribution in [-0.2, 0) is 9.53 Å². The highest BCUT2D eigenvalue weighted by atomic mass is 16.6. The van der Waals surface area contributed by atoms with Gasteiger partial charge in [0, 0.05) is 12.0 Å². The van der Waals surface area contributed by atoms with Crippen LogP contribution in [0.1, 0.15) is 51.4 Å². The van der Waals surface area contributed by atoms with E-state index in [2.05, 4.69) is 5.32 Å². The largest absolute Gasteiger partial charge is 0.362 e. The Hall–Kier alpha value is -0.570. The van der Waals surface area contributed by atoms with Crippen LogP contribution in [0, 0.1) is 11.8 Å². The van der Waals surface area contributed by atoms with Crippen molar-refractivity contribution in [3.8, 4) is 0 Å². The summed E-state index contributed by atoms with van der Waals surface area (Å²) in [5.41, 5.74) is 0.408. The lowest BCUT2D eigenvalue weighted by Gasteiger charge is -2.48. The molecular formula is C14H21NO2. The molecule has 0 aromatic rings. The van der Waals surface area contributed by atoms with Gasteiger partial charge in [-0.2, -0.15) is 0 Å². The highest BCUT2D eigenvalue weighted by molar-refractivity contribution is 5.48. The number of ether oxygens (including phenoxy) is 1. The number of carbonyl (C=O) groups is 1. The molecular weight excluding hydrogens is 214 g/mol. The van der Waals surface area contributed by atoms with Crippen molar-refractivity contribution in [1.29, 1.82) is 0 Å². The number of epoxide rings is 1. The van der Waals surface area contributed by atoms with Crippen molar-refractivity contribution in [2.24, 2.45) is 11.8 Å². The zero-order chi connectivity index (χ0) is 11.5. The zero-order valence-corrected chi connectivity index (χ0v) is 10.3. The maximum Gasteiger partial charge on any atom is 0.207 e. The van der Waals surface area contributed by atoms with Crippen molar-refractivity contribution in [2.75, 3.05) is 0 Å². The van der Waals surface area contributed by atoms with Crippen LogP contribution in [0.2, 0.25) is 0 Å². The number of fused-ring (bicyclic) bond motifs is 2. The molecule has 0 aromatic heterocycles. The summed E-state index contributed by atoms with van der Waals surface area (Å²) in [5.74, 6) is 1.27. The van der Waals surface area contributed by atoms with Gasteiger partial charge in [-0.3, -0.25) is 4.79 Å². The van der Waals surface area contributed by atoms with E-state index in [0.29, 0.717) is 17.9 Å². The van der Waals surface area contributed by atoms with Gasteiger partial charge in [-0.05, 0) is 38.0 Å². The van der Waals surface area contributed by atoms with Gasteiger partial charge in [0.1, 0.15) is 5.60 Å². The molecule has 1 saturated heterocycles. The minimum Gasteiger partial charge on any atom is -0.362 e. The predicted octanol–water partition coefficient (Wildman–Crippen LogP) is 2.00. The Morgan fingerprint density at radius 2 is 2.06 bits per heavy atom. The fourth-order valence-electron chi connectivity index (χ4n) is 5.37. The van der Waals surface area contributed by atoms with E-state index in [1.165, 1.54) is 51.4 Å². The Kier molecular flexibility index (Phi) is 1.98. The molecule has 5 atom stereocenters. The maximum atomic E-state index is 10.8. The molecule has 94 valence electrons. The molecule has 2 bridgehead atoms. The van der Waals surface area contributed by atoms with Crippen LogP contribution in [-0.4, -0.2) is 23.7 Å². The van der Waals surface area contributed by atoms with E-state index in [4.69, 9.17) is 4.74 Å². The minimum atomic E-state index is 0.169. The number of hydrogen-bond donors (Lipinski definition) is 1. The van der Waals surface area contributed by atoms with Crippen LogP contribution in [0.3, 0.4) is 0 Å². The summed E-state index contributed by atoms with van der Waals surface area (Å²) < 4.78 is 6.35. The minimum absolute atomic E-state index is 0.169. The standard InChI is InChI=1S/C14H21NO2/c16-9-15-12-10-4-3-5-11(12)14-7-2-1-6-13(14,8-10)17-14/h9-12H,1-8H2,(H,15,16)/t10-,11-,12+,13+,14-/m1/s1. The summed E-state index contributed by atoms with van der Waals surface area (Å²) >= 11 is 0. The molecule has 1 aliphatic heterocycles. The van der Waals surface area contributed by atoms with Gasteiger partial charge >= 0.3 is 0 Å². The van der Waals surface area contributed by atoms with Crippen LogP contribution in [0.4, 0.5) is 0 Å². The first-order valence-corrected chi connectivity index (χ1v) is 7.21. The molecule has 1 amide bonds. The number of hydrogen-bond acceptors (Lipinski definition) is 2. The molecule has 0 radical (unpaired) electrons. The number of amides is 1. The van der Waals surface area contributed by atoms with E-state index >= 15 is 0 Å². The van der Waals surface area contributed by atoms with Crippen molar-refractivity contribution >= 4 is 6.41 Å². The average Bonchev–Trinajstić information content (AvgIpc) is 3.00. The van der Waals surface area contributed by atoms with Gasteiger partial charge < -0.3 is 10.1 Å². The summed E-state index contributed by atoms with van der Waals surface area (Å²) in [4.78, 5) is 10.8. The van der Waals surface area contributed by atoms with Crippen molar-refractivity contribution in [2.45, 2.75) is 68.6 Å². The van der Waals surface area contributed by atoms with Crippen molar-refractivity contribution in [1.82, 2.24) is 5.32 Å². The monoisotopic (exact) mass is 235 g/mol. The normalized spacial score (nSPS) is 55.4. The molecule has 4 fully saturated rings. The maximum absolute atomic E-state index is 10.8. The third-order valence-electron chi connectivity index (χ3n) is 5.97. The Morgan fingerprint density at radius 1 is 1.18 bits per heavy atom. The van der Waals surface area contributed by atoms with E-state index in [9.17, 15) is 4.79 Å². The van der Waals surface area contributed by atoms with E-state index in [1.807, 2.05) is 0 Å². The zero-order valence-electron chi connectivity index (χ0n) is 10.3. The molecule has 17 heavy (non-hydrogen) atoms. The second kappa shape index (κ2) is 3.25. The van der Waals surface area contributed by atoms with E-state index in [0.717, 1.165) is 6.41 Å². The van der Waals surface area contributed by atoms with Crippen molar-refractivity contribution < 1.29 is 9.53 Å². The van der Waals surface area contributed by atoms with E-state index in [-0.39, 0.29) is 11.2 Å². The topological polar surface area (TPSA) is 41.6 Å². The van der Waals surface area contributed by atoms with Crippen molar-refractivity contribution in [3.05, 3.63) is 0 Å². The third-order valence-corrected chi connectivity index (χ3v) is 5.97. The van der Waals surface area contributed by atoms with Crippen LogP contribution in [0.15, 0.2) is 0 Å². The molecule has 0 aromatic carbocycles. The summed E-state index contributed by atoms with van der Waals surface area (Å²) in [6.45, 7) is 0. The smallest absolute Gasteiger partial charge is 0.207 e. The molecule has 1 N–H and O–H groups in total. The molecule has 4 rings (SSSR count). The highest BCUT2D eigenvalue weighted by Crippen LogP contribution is 2.70. The Bertz CT molecular complexity index is 358. The number of carbonyl (C=O) groups excluding carboxylic acids is 1. The van der Waals surface area contributed by atoms with Crippen LogP contribution in [0.5, 0.6) is 0 Å². The van der Waals surface area contributed by atoms with Gasteiger partial charge in [-0.1, -0.05) is 19.3 Å².